The van der Waals surface area contributed by atoms with Crippen LogP contribution in [0.5, 0.6) is 0 Å². The van der Waals surface area contributed by atoms with Crippen molar-refractivity contribution in [3.63, 3.8) is 0 Å². The second-order valence-electron chi connectivity index (χ2n) is 7.43. The molecule has 0 radical (unpaired) electrons. The van der Waals surface area contributed by atoms with Crippen LogP contribution in [0.25, 0.3) is 0 Å². The summed E-state index contributed by atoms with van der Waals surface area (Å²) in [5.41, 5.74) is 1.05. The van der Waals surface area contributed by atoms with Crippen molar-refractivity contribution in [3.05, 3.63) is 29.8 Å². The molecular weight excluding hydrogens is 330 g/mol. The number of benzene rings is 1. The highest BCUT2D eigenvalue weighted by Gasteiger charge is 2.26. The highest BCUT2D eigenvalue weighted by Crippen LogP contribution is 2.25. The number of amides is 3. The maximum Gasteiger partial charge on any atom is 0.321 e. The molecule has 6 nitrogen and oxygen atoms in total. The van der Waals surface area contributed by atoms with E-state index in [1.165, 1.54) is 6.42 Å². The zero-order valence-corrected chi connectivity index (χ0v) is 15.5. The van der Waals surface area contributed by atoms with E-state index in [0.29, 0.717) is 24.3 Å². The molecule has 1 aromatic rings. The molecular formula is C20H29N3O3. The van der Waals surface area contributed by atoms with Crippen LogP contribution >= 0.6 is 0 Å². The average molecular weight is 359 g/mol. The van der Waals surface area contributed by atoms with Gasteiger partial charge in [0, 0.05) is 26.2 Å². The summed E-state index contributed by atoms with van der Waals surface area (Å²) in [6.45, 7) is 0.963. The van der Waals surface area contributed by atoms with Crippen LogP contribution in [0.3, 0.4) is 0 Å². The third kappa shape index (κ3) is 4.36. The van der Waals surface area contributed by atoms with Crippen molar-refractivity contribution < 1.29 is 14.7 Å². The van der Waals surface area contributed by atoms with Crippen LogP contribution in [-0.4, -0.2) is 59.1 Å². The predicted octanol–water partition coefficient (Wildman–Crippen LogP) is 3.08. The molecule has 1 saturated heterocycles. The Balaban J connectivity index is 1.71. The zero-order valence-electron chi connectivity index (χ0n) is 15.5. The molecule has 26 heavy (non-hydrogen) atoms. The number of carbonyl (C=O) groups is 2. The standard InChI is InChI=1S/C20H29N3O3/c1-22(15-8-3-2-4-9-15)19(25)17-11-5-6-12-18(17)21-20(26)23-13-7-10-16(24)14-23/h5-6,11-12,15-16,24H,2-4,7-10,13-14H2,1H3,(H,21,26). The van der Waals surface area contributed by atoms with Crippen molar-refractivity contribution in [2.75, 3.05) is 25.5 Å². The smallest absolute Gasteiger partial charge is 0.321 e. The number of urea groups is 1. The molecule has 1 unspecified atom stereocenters. The number of hydrogen-bond acceptors (Lipinski definition) is 3. The van der Waals surface area contributed by atoms with Gasteiger partial charge in [-0.25, -0.2) is 4.79 Å². The fourth-order valence-electron chi connectivity index (χ4n) is 3.94. The first-order chi connectivity index (χ1) is 12.6. The molecule has 1 aliphatic carbocycles. The summed E-state index contributed by atoms with van der Waals surface area (Å²) in [6.07, 6.45) is 6.71. The van der Waals surface area contributed by atoms with Crippen LogP contribution in [0.15, 0.2) is 24.3 Å². The number of rotatable bonds is 3. The lowest BCUT2D eigenvalue weighted by Crippen LogP contribution is -2.44. The van der Waals surface area contributed by atoms with Crippen molar-refractivity contribution in [3.8, 4) is 0 Å². The van der Waals surface area contributed by atoms with Crippen molar-refractivity contribution in [1.29, 1.82) is 0 Å². The topological polar surface area (TPSA) is 72.9 Å². The Hall–Kier alpha value is -2.08. The normalized spacial score (nSPS) is 21.3. The first kappa shape index (κ1) is 18.7. The Kier molecular flexibility index (Phi) is 6.14. The van der Waals surface area contributed by atoms with Crippen molar-refractivity contribution >= 4 is 17.6 Å². The van der Waals surface area contributed by atoms with Crippen LogP contribution in [0.1, 0.15) is 55.3 Å². The fraction of sp³-hybridized carbons (Fsp3) is 0.600. The van der Waals surface area contributed by atoms with Crippen LogP contribution in [0.4, 0.5) is 10.5 Å². The molecule has 1 aromatic carbocycles. The van der Waals surface area contributed by atoms with E-state index >= 15 is 0 Å². The molecule has 3 rings (SSSR count). The summed E-state index contributed by atoms with van der Waals surface area (Å²) in [5.74, 6) is -0.0496. The summed E-state index contributed by atoms with van der Waals surface area (Å²) in [5, 5.41) is 12.6. The number of nitrogens with one attached hydrogen (secondary N) is 1. The lowest BCUT2D eigenvalue weighted by atomic mass is 9.94. The van der Waals surface area contributed by atoms with E-state index in [2.05, 4.69) is 5.32 Å². The summed E-state index contributed by atoms with van der Waals surface area (Å²) in [6, 6.07) is 7.18. The van der Waals surface area contributed by atoms with E-state index in [0.717, 1.165) is 38.5 Å². The second-order valence-corrected chi connectivity index (χ2v) is 7.43. The highest BCUT2D eigenvalue weighted by molar-refractivity contribution is 6.03. The number of nitrogens with zero attached hydrogens (tertiary/aromatic N) is 2. The number of aliphatic hydroxyl groups excluding tert-OH is 1. The molecule has 3 amide bonds. The maximum absolute atomic E-state index is 13.0. The molecule has 1 aliphatic heterocycles. The Bertz CT molecular complexity index is 643. The number of β-amino-alcohol motifs (C(OH)–C–C–N with tert-alkyl or cyclic N) is 1. The summed E-state index contributed by atoms with van der Waals surface area (Å²) in [7, 11) is 1.86. The van der Waals surface area contributed by atoms with E-state index in [4.69, 9.17) is 0 Å². The summed E-state index contributed by atoms with van der Waals surface area (Å²) < 4.78 is 0. The zero-order chi connectivity index (χ0) is 18.5. The molecule has 2 aliphatic rings. The molecule has 1 heterocycles. The fourth-order valence-corrected chi connectivity index (χ4v) is 3.94. The molecule has 1 saturated carbocycles. The minimum Gasteiger partial charge on any atom is -0.391 e. The predicted molar refractivity (Wildman–Crippen MR) is 101 cm³/mol. The van der Waals surface area contributed by atoms with E-state index in [1.807, 2.05) is 24.1 Å². The quantitative estimate of drug-likeness (QED) is 0.871. The maximum atomic E-state index is 13.0. The van der Waals surface area contributed by atoms with E-state index in [9.17, 15) is 14.7 Å². The number of anilines is 1. The lowest BCUT2D eigenvalue weighted by molar-refractivity contribution is 0.0697. The Morgan fingerprint density at radius 3 is 2.58 bits per heavy atom. The average Bonchev–Trinajstić information content (AvgIpc) is 2.68. The number of likely N-dealkylation sites (tertiary alicyclic amines) is 1. The van der Waals surface area contributed by atoms with Gasteiger partial charge in [-0.1, -0.05) is 31.4 Å². The molecule has 0 bridgehead atoms. The van der Waals surface area contributed by atoms with Crippen molar-refractivity contribution in [2.24, 2.45) is 0 Å². The molecule has 6 heteroatoms. The van der Waals surface area contributed by atoms with Crippen LogP contribution < -0.4 is 5.32 Å². The molecule has 0 aromatic heterocycles. The molecule has 1 atom stereocenters. The highest BCUT2D eigenvalue weighted by atomic mass is 16.3. The number of para-hydroxylation sites is 1. The largest absolute Gasteiger partial charge is 0.391 e. The number of aliphatic hydroxyl groups is 1. The molecule has 2 fully saturated rings. The van der Waals surface area contributed by atoms with Gasteiger partial charge in [0.2, 0.25) is 0 Å². The van der Waals surface area contributed by atoms with Gasteiger partial charge in [-0.15, -0.1) is 0 Å². The third-order valence-corrected chi connectivity index (χ3v) is 5.53. The van der Waals surface area contributed by atoms with Gasteiger partial charge >= 0.3 is 6.03 Å². The van der Waals surface area contributed by atoms with E-state index in [-0.39, 0.29) is 18.0 Å². The Morgan fingerprint density at radius 1 is 1.12 bits per heavy atom. The Labute approximate surface area is 155 Å². The molecule has 0 spiro atoms. The first-order valence-corrected chi connectivity index (χ1v) is 9.66. The van der Waals surface area contributed by atoms with Gasteiger partial charge in [-0.05, 0) is 37.8 Å². The minimum absolute atomic E-state index is 0.0496. The lowest BCUT2D eigenvalue weighted by Gasteiger charge is -2.32. The van der Waals surface area contributed by atoms with Crippen LogP contribution in [0.2, 0.25) is 0 Å². The van der Waals surface area contributed by atoms with Crippen molar-refractivity contribution in [2.45, 2.75) is 57.1 Å². The van der Waals surface area contributed by atoms with E-state index in [1.54, 1.807) is 17.0 Å². The van der Waals surface area contributed by atoms with Gasteiger partial charge in [0.05, 0.1) is 17.4 Å². The van der Waals surface area contributed by atoms with Crippen LogP contribution in [-0.2, 0) is 0 Å². The van der Waals surface area contributed by atoms with Crippen LogP contribution in [0, 0.1) is 0 Å². The van der Waals surface area contributed by atoms with Gasteiger partial charge in [0.1, 0.15) is 0 Å². The summed E-state index contributed by atoms with van der Waals surface area (Å²) >= 11 is 0. The Morgan fingerprint density at radius 2 is 1.85 bits per heavy atom. The van der Waals surface area contributed by atoms with Gasteiger partial charge in [-0.2, -0.15) is 0 Å². The van der Waals surface area contributed by atoms with E-state index < -0.39 is 6.10 Å². The second kappa shape index (κ2) is 8.54. The minimum atomic E-state index is -0.469. The molecule has 2 N–H and O–H groups in total. The van der Waals surface area contributed by atoms with Gasteiger partial charge < -0.3 is 20.2 Å². The number of carbonyl (C=O) groups excluding carboxylic acids is 2. The first-order valence-electron chi connectivity index (χ1n) is 9.66. The third-order valence-electron chi connectivity index (χ3n) is 5.53. The van der Waals surface area contributed by atoms with Gasteiger partial charge in [-0.3, -0.25) is 4.79 Å². The number of piperidine rings is 1. The van der Waals surface area contributed by atoms with Crippen molar-refractivity contribution in [1.82, 2.24) is 9.80 Å². The van der Waals surface area contributed by atoms with Gasteiger partial charge in [0.15, 0.2) is 0 Å². The summed E-state index contributed by atoms with van der Waals surface area (Å²) in [4.78, 5) is 29.0. The SMILES string of the molecule is CN(C(=O)c1ccccc1NC(=O)N1CCCC(O)C1)C1CCCCC1. The number of hydrogen-bond donors (Lipinski definition) is 2. The molecule has 142 valence electrons. The monoisotopic (exact) mass is 359 g/mol. The van der Waals surface area contributed by atoms with Gasteiger partial charge in [0.25, 0.3) is 5.91 Å².